The van der Waals surface area contributed by atoms with Crippen LogP contribution in [-0.2, 0) is 35.3 Å². The number of ether oxygens (including phenoxy) is 2. The molecule has 5 N–H and O–H groups in total. The summed E-state index contributed by atoms with van der Waals surface area (Å²) in [5.74, 6) is -3.61. The molecule has 0 aliphatic carbocycles. The van der Waals surface area contributed by atoms with E-state index >= 15 is 0 Å². The number of carbonyl (C=O) groups is 5. The van der Waals surface area contributed by atoms with Crippen molar-refractivity contribution in [2.24, 2.45) is 11.8 Å². The normalized spacial score (nSPS) is 13.5. The number of hydrogen-bond donors (Lipinski definition) is 5. The smallest absolute Gasteiger partial charge is 0.408 e. The topological polar surface area (TPSA) is 172 Å². The Balaban J connectivity index is 2.03. The Hall–Kier alpha value is -4.45. The zero-order valence-corrected chi connectivity index (χ0v) is 27.3. The standard InChI is InChI=1S/C34H48N4O8/c1-6-7-9-18-28(40)37-30(32(42)38-29(22(2)3)33(43)45-5)26(20-39)19-35-31(41)23(4)36-34(44)46-21-25-16-12-13-17-27(25)24-14-10-8-11-15-24/h8,10-17,22-23,26,29-30,39H,6-7,9,18-21H2,1-5H3,(H,35,41)(H,36,44)(H,37,40)(H,38,42)/t23-,26?,29?,30?/m0/s1. The third-order valence-corrected chi connectivity index (χ3v) is 7.46. The van der Waals surface area contributed by atoms with E-state index in [1.165, 1.54) is 14.0 Å². The van der Waals surface area contributed by atoms with Crippen molar-refractivity contribution >= 4 is 29.8 Å². The number of hydrogen-bond acceptors (Lipinski definition) is 8. The van der Waals surface area contributed by atoms with Crippen molar-refractivity contribution in [1.82, 2.24) is 21.3 Å². The molecule has 0 fully saturated rings. The zero-order chi connectivity index (χ0) is 34.1. The minimum absolute atomic E-state index is 0.0183. The van der Waals surface area contributed by atoms with Gasteiger partial charge in [0.25, 0.3) is 0 Å². The molecular weight excluding hydrogens is 592 g/mol. The predicted molar refractivity (Wildman–Crippen MR) is 173 cm³/mol. The fourth-order valence-corrected chi connectivity index (χ4v) is 4.69. The number of aliphatic hydroxyl groups excluding tert-OH is 1. The molecule has 3 unspecified atom stereocenters. The van der Waals surface area contributed by atoms with Gasteiger partial charge in [0.2, 0.25) is 17.7 Å². The van der Waals surface area contributed by atoms with Crippen LogP contribution in [-0.4, -0.2) is 73.3 Å². The molecule has 4 amide bonds. The number of alkyl carbamates (subject to hydrolysis) is 1. The zero-order valence-electron chi connectivity index (χ0n) is 27.3. The van der Waals surface area contributed by atoms with E-state index in [1.807, 2.05) is 61.5 Å². The summed E-state index contributed by atoms with van der Waals surface area (Å²) >= 11 is 0. The van der Waals surface area contributed by atoms with Gasteiger partial charge >= 0.3 is 12.1 Å². The summed E-state index contributed by atoms with van der Waals surface area (Å²) in [6.07, 6.45) is 1.71. The van der Waals surface area contributed by atoms with Crippen LogP contribution in [0.5, 0.6) is 0 Å². The molecule has 12 nitrogen and oxygen atoms in total. The van der Waals surface area contributed by atoms with E-state index in [1.54, 1.807) is 13.8 Å². The van der Waals surface area contributed by atoms with Crippen LogP contribution in [0.15, 0.2) is 54.6 Å². The first-order valence-corrected chi connectivity index (χ1v) is 15.6. The van der Waals surface area contributed by atoms with E-state index in [4.69, 9.17) is 9.47 Å². The summed E-state index contributed by atoms with van der Waals surface area (Å²) in [6.45, 7) is 6.12. The third kappa shape index (κ3) is 12.2. The monoisotopic (exact) mass is 640 g/mol. The minimum Gasteiger partial charge on any atom is -0.467 e. The first-order valence-electron chi connectivity index (χ1n) is 15.6. The molecule has 2 aromatic rings. The number of amides is 4. The number of rotatable bonds is 18. The second-order valence-corrected chi connectivity index (χ2v) is 11.4. The Bertz CT molecular complexity index is 1290. The average Bonchev–Trinajstić information content (AvgIpc) is 3.05. The molecule has 0 aromatic heterocycles. The number of benzene rings is 2. The van der Waals surface area contributed by atoms with E-state index in [0.717, 1.165) is 29.5 Å². The van der Waals surface area contributed by atoms with Crippen molar-refractivity contribution in [3.05, 3.63) is 60.2 Å². The summed E-state index contributed by atoms with van der Waals surface area (Å²) < 4.78 is 10.2. The molecule has 2 rings (SSSR count). The highest BCUT2D eigenvalue weighted by Gasteiger charge is 2.34. The van der Waals surface area contributed by atoms with Crippen LogP contribution >= 0.6 is 0 Å². The predicted octanol–water partition coefficient (Wildman–Crippen LogP) is 3.07. The SMILES string of the molecule is CCCCCC(=O)NC(C(=O)NC(C(=O)OC)C(C)C)C(CO)CNC(=O)[C@H](C)NC(=O)OCc1ccccc1-c1ccccc1. The van der Waals surface area contributed by atoms with Crippen molar-refractivity contribution in [2.75, 3.05) is 20.3 Å². The maximum atomic E-state index is 13.3. The summed E-state index contributed by atoms with van der Waals surface area (Å²) in [5.41, 5.74) is 2.68. The molecule has 0 aliphatic rings. The molecule has 0 bridgehead atoms. The van der Waals surface area contributed by atoms with E-state index in [2.05, 4.69) is 21.3 Å². The van der Waals surface area contributed by atoms with Crippen molar-refractivity contribution < 1.29 is 38.6 Å². The van der Waals surface area contributed by atoms with E-state index in [-0.39, 0.29) is 25.5 Å². The maximum absolute atomic E-state index is 13.3. The molecule has 0 aliphatic heterocycles. The van der Waals surface area contributed by atoms with Gasteiger partial charge in [-0.15, -0.1) is 0 Å². The lowest BCUT2D eigenvalue weighted by Gasteiger charge is -2.29. The van der Waals surface area contributed by atoms with Crippen LogP contribution in [0.2, 0.25) is 0 Å². The van der Waals surface area contributed by atoms with Gasteiger partial charge in [-0.25, -0.2) is 9.59 Å². The van der Waals surface area contributed by atoms with Gasteiger partial charge in [-0.3, -0.25) is 14.4 Å². The third-order valence-electron chi connectivity index (χ3n) is 7.46. The van der Waals surface area contributed by atoms with Gasteiger partial charge in [0, 0.05) is 18.9 Å². The largest absolute Gasteiger partial charge is 0.467 e. The van der Waals surface area contributed by atoms with Crippen molar-refractivity contribution in [2.45, 2.75) is 78.1 Å². The molecular formula is C34H48N4O8. The molecule has 0 heterocycles. The Labute approximate surface area is 271 Å². The van der Waals surface area contributed by atoms with Gasteiger partial charge in [-0.2, -0.15) is 0 Å². The molecule has 252 valence electrons. The molecule has 0 saturated carbocycles. The lowest BCUT2D eigenvalue weighted by molar-refractivity contribution is -0.147. The van der Waals surface area contributed by atoms with E-state index < -0.39 is 60.4 Å². The Morgan fingerprint density at radius 1 is 0.826 bits per heavy atom. The number of esters is 1. The van der Waals surface area contributed by atoms with E-state index in [9.17, 15) is 29.1 Å². The lowest BCUT2D eigenvalue weighted by atomic mass is 9.97. The Morgan fingerprint density at radius 3 is 2.13 bits per heavy atom. The number of carbonyl (C=O) groups excluding carboxylic acids is 5. The molecule has 2 aromatic carbocycles. The number of unbranched alkanes of at least 4 members (excludes halogenated alkanes) is 2. The van der Waals surface area contributed by atoms with Crippen molar-refractivity contribution in [1.29, 1.82) is 0 Å². The molecule has 4 atom stereocenters. The van der Waals surface area contributed by atoms with Gasteiger partial charge in [-0.1, -0.05) is 88.2 Å². The highest BCUT2D eigenvalue weighted by Crippen LogP contribution is 2.24. The van der Waals surface area contributed by atoms with Gasteiger partial charge < -0.3 is 35.8 Å². The van der Waals surface area contributed by atoms with Crippen molar-refractivity contribution in [3.63, 3.8) is 0 Å². The van der Waals surface area contributed by atoms with Gasteiger partial charge in [0.1, 0.15) is 24.7 Å². The summed E-state index contributed by atoms with van der Waals surface area (Å²) in [4.78, 5) is 63.7. The minimum atomic E-state index is -1.26. The van der Waals surface area contributed by atoms with Crippen LogP contribution in [0.25, 0.3) is 11.1 Å². The summed E-state index contributed by atoms with van der Waals surface area (Å²) in [6, 6.07) is 13.9. The van der Waals surface area contributed by atoms with Crippen LogP contribution in [0.4, 0.5) is 4.79 Å². The highest BCUT2D eigenvalue weighted by molar-refractivity contribution is 5.91. The maximum Gasteiger partial charge on any atom is 0.408 e. The fraction of sp³-hybridized carbons (Fsp3) is 0.500. The Kier molecular flexibility index (Phi) is 16.3. The van der Waals surface area contributed by atoms with Crippen molar-refractivity contribution in [3.8, 4) is 11.1 Å². The van der Waals surface area contributed by atoms with Crippen LogP contribution in [0, 0.1) is 11.8 Å². The summed E-state index contributed by atoms with van der Waals surface area (Å²) in [7, 11) is 1.21. The van der Waals surface area contributed by atoms with Gasteiger partial charge in [0.15, 0.2) is 0 Å². The van der Waals surface area contributed by atoms with Crippen LogP contribution in [0.3, 0.4) is 0 Å². The Morgan fingerprint density at radius 2 is 1.50 bits per heavy atom. The highest BCUT2D eigenvalue weighted by atomic mass is 16.5. The number of nitrogens with one attached hydrogen (secondary N) is 4. The molecule has 0 saturated heterocycles. The molecule has 0 spiro atoms. The fourth-order valence-electron chi connectivity index (χ4n) is 4.69. The molecule has 46 heavy (non-hydrogen) atoms. The second kappa shape index (κ2) is 19.8. The number of aliphatic hydroxyl groups is 1. The first-order chi connectivity index (χ1) is 22.0. The first kappa shape index (κ1) is 37.7. The summed E-state index contributed by atoms with van der Waals surface area (Å²) in [5, 5.41) is 20.6. The molecule has 0 radical (unpaired) electrons. The van der Waals surface area contributed by atoms with Gasteiger partial charge in [0.05, 0.1) is 13.7 Å². The second-order valence-electron chi connectivity index (χ2n) is 11.4. The quantitative estimate of drug-likeness (QED) is 0.122. The van der Waals surface area contributed by atoms with Crippen LogP contribution < -0.4 is 21.3 Å². The van der Waals surface area contributed by atoms with Gasteiger partial charge in [-0.05, 0) is 36.0 Å². The molecule has 12 heteroatoms. The van der Waals surface area contributed by atoms with Crippen LogP contribution in [0.1, 0.15) is 58.9 Å². The number of methoxy groups -OCH3 is 1. The average molecular weight is 641 g/mol. The lowest BCUT2D eigenvalue weighted by Crippen LogP contribution is -2.58. The van der Waals surface area contributed by atoms with E-state index in [0.29, 0.717) is 6.42 Å².